The van der Waals surface area contributed by atoms with Gasteiger partial charge in [0.2, 0.25) is 0 Å². The Morgan fingerprint density at radius 3 is 1.39 bits per heavy atom. The largest absolute Gasteiger partial charge is 0.673 e. The summed E-state index contributed by atoms with van der Waals surface area (Å²) in [5, 5.41) is 0. The molecule has 0 saturated heterocycles. The fraction of sp³-hybridized carbons (Fsp3) is 0.207. The molecule has 3 aromatic carbocycles. The molecule has 0 aliphatic rings. The predicted octanol–water partition coefficient (Wildman–Crippen LogP) is 9.06. The maximum absolute atomic E-state index is 9.75. The van der Waals surface area contributed by atoms with E-state index in [-0.39, 0.29) is 0 Å². The molecule has 0 spiro atoms. The van der Waals surface area contributed by atoms with Crippen LogP contribution < -0.4 is 14.2 Å². The summed E-state index contributed by atoms with van der Waals surface area (Å²) >= 11 is 0. The lowest BCUT2D eigenvalue weighted by molar-refractivity contribution is 0.309. The molecule has 38 heavy (non-hydrogen) atoms. The van der Waals surface area contributed by atoms with Crippen LogP contribution in [0.4, 0.5) is 17.3 Å². The lowest BCUT2D eigenvalue weighted by Crippen LogP contribution is -2.02. The first kappa shape index (κ1) is 28.6. The van der Waals surface area contributed by atoms with Crippen LogP contribution in [0.15, 0.2) is 89.3 Å². The van der Waals surface area contributed by atoms with E-state index in [0.717, 1.165) is 70.5 Å². The van der Waals surface area contributed by atoms with Crippen LogP contribution in [0.1, 0.15) is 19.8 Å². The van der Waals surface area contributed by atoms with E-state index in [4.69, 9.17) is 18.6 Å². The number of rotatable bonds is 9. The number of halogens is 4. The van der Waals surface area contributed by atoms with E-state index in [1.165, 1.54) is 0 Å². The molecule has 200 valence electrons. The second-order valence-electron chi connectivity index (χ2n) is 8.25. The van der Waals surface area contributed by atoms with Crippen LogP contribution in [0.25, 0.3) is 33.8 Å². The third kappa shape index (κ3) is 8.83. The molecule has 0 bridgehead atoms. The molecule has 4 aromatic rings. The minimum Gasteiger partial charge on any atom is -0.497 e. The van der Waals surface area contributed by atoms with Crippen molar-refractivity contribution in [1.29, 1.82) is 0 Å². The van der Waals surface area contributed by atoms with Crippen LogP contribution in [-0.4, -0.2) is 28.1 Å². The Hall–Kier alpha value is -4.01. The molecule has 0 atom stereocenters. The van der Waals surface area contributed by atoms with E-state index in [1.54, 1.807) is 14.2 Å². The summed E-state index contributed by atoms with van der Waals surface area (Å²) in [7, 11) is -2.67. The zero-order chi connectivity index (χ0) is 27.5. The van der Waals surface area contributed by atoms with Crippen LogP contribution in [0.5, 0.6) is 17.2 Å². The third-order valence-corrected chi connectivity index (χ3v) is 5.50. The normalized spacial score (nSPS) is 10.8. The first-order chi connectivity index (χ1) is 18.2. The Labute approximate surface area is 219 Å². The molecule has 1 heterocycles. The molecule has 1 aromatic heterocycles. The van der Waals surface area contributed by atoms with Gasteiger partial charge in [0.25, 0.3) is 0 Å². The zero-order valence-electron chi connectivity index (χ0n) is 21.4. The molecule has 0 unspecified atom stereocenters. The summed E-state index contributed by atoms with van der Waals surface area (Å²) in [6, 6.07) is 28.1. The van der Waals surface area contributed by atoms with Gasteiger partial charge in [-0.3, -0.25) is 0 Å². The highest BCUT2D eigenvalue weighted by Crippen LogP contribution is 2.34. The summed E-state index contributed by atoms with van der Waals surface area (Å²) in [4.78, 5) is 0. The minimum atomic E-state index is -6.00. The average molecular weight is 528 g/mol. The van der Waals surface area contributed by atoms with Crippen LogP contribution in [-0.2, 0) is 0 Å². The highest BCUT2D eigenvalue weighted by Gasteiger charge is 2.21. The van der Waals surface area contributed by atoms with Crippen molar-refractivity contribution in [3.8, 4) is 51.0 Å². The maximum Gasteiger partial charge on any atom is 0.673 e. The van der Waals surface area contributed by atoms with E-state index < -0.39 is 7.25 Å². The fourth-order valence-corrected chi connectivity index (χ4v) is 3.54. The summed E-state index contributed by atoms with van der Waals surface area (Å²) < 4.78 is 61.8. The van der Waals surface area contributed by atoms with Crippen LogP contribution in [0.3, 0.4) is 0 Å². The highest BCUT2D eigenvalue weighted by molar-refractivity contribution is 6.50. The average Bonchev–Trinajstić information content (AvgIpc) is 2.92. The van der Waals surface area contributed by atoms with E-state index >= 15 is 0 Å². The number of benzene rings is 3. The number of methoxy groups -OCH3 is 2. The Balaban J connectivity index is 0.000000732. The molecule has 4 rings (SSSR count). The number of unbranched alkanes of at least 4 members (excludes halogenated alkanes) is 1. The molecule has 0 aliphatic heterocycles. The molecule has 0 N–H and O–H groups in total. The SMILES string of the molecule is CCCCOc1ccc(-c2cc(-c3ccc(OC)cc3)[o+]c(-c3ccc(OC)cc3)c2)cc1.F[B-](F)(F)F. The van der Waals surface area contributed by atoms with Crippen LogP contribution in [0.2, 0.25) is 0 Å². The first-order valence-corrected chi connectivity index (χ1v) is 12.1. The highest BCUT2D eigenvalue weighted by atomic mass is 19.5. The lowest BCUT2D eigenvalue weighted by Gasteiger charge is -2.07. The molecule has 9 heteroatoms. The van der Waals surface area contributed by atoms with Gasteiger partial charge in [0.05, 0.1) is 44.1 Å². The van der Waals surface area contributed by atoms with Gasteiger partial charge in [-0.2, -0.15) is 0 Å². The quantitative estimate of drug-likeness (QED) is 0.0941. The zero-order valence-corrected chi connectivity index (χ0v) is 21.4. The van der Waals surface area contributed by atoms with E-state index in [9.17, 15) is 17.3 Å². The van der Waals surface area contributed by atoms with Gasteiger partial charge in [-0.15, -0.1) is 0 Å². The van der Waals surface area contributed by atoms with Crippen LogP contribution >= 0.6 is 0 Å². The minimum absolute atomic E-state index is 0.739. The van der Waals surface area contributed by atoms with Crippen molar-refractivity contribution < 1.29 is 35.9 Å². The monoisotopic (exact) mass is 528 g/mol. The maximum atomic E-state index is 9.75. The second kappa shape index (κ2) is 13.5. The Bertz CT molecular complexity index is 1200. The van der Waals surface area contributed by atoms with Crippen molar-refractivity contribution in [3.05, 3.63) is 84.9 Å². The summed E-state index contributed by atoms with van der Waals surface area (Å²) in [6.07, 6.45) is 2.17. The van der Waals surface area contributed by atoms with E-state index in [1.807, 2.05) is 60.7 Å². The van der Waals surface area contributed by atoms with Crippen molar-refractivity contribution in [1.82, 2.24) is 0 Å². The standard InChI is InChI=1S/C29H29O4.BF4/c1-4-5-18-32-27-16-6-21(7-17-27)24-19-28(22-8-12-25(30-2)13-9-22)33-29(20-24)23-10-14-26(31-3)15-11-23;2-1(3,4)5/h6-17,19-20H,4-5,18H2,1-3H3;/q+1;-1. The Morgan fingerprint density at radius 2 is 1.00 bits per heavy atom. The van der Waals surface area contributed by atoms with Gasteiger partial charge in [0.15, 0.2) is 0 Å². The summed E-state index contributed by atoms with van der Waals surface area (Å²) in [5.41, 5.74) is 4.12. The van der Waals surface area contributed by atoms with Crippen molar-refractivity contribution in [2.75, 3.05) is 20.8 Å². The molecule has 0 radical (unpaired) electrons. The van der Waals surface area contributed by atoms with Crippen molar-refractivity contribution >= 4 is 7.25 Å². The molecule has 0 saturated carbocycles. The van der Waals surface area contributed by atoms with Crippen LogP contribution in [0, 0.1) is 0 Å². The second-order valence-corrected chi connectivity index (χ2v) is 8.25. The molecule has 4 nitrogen and oxygen atoms in total. The molecule has 0 amide bonds. The van der Waals surface area contributed by atoms with Gasteiger partial charge >= 0.3 is 18.8 Å². The smallest absolute Gasteiger partial charge is 0.497 e. The molecule has 0 fully saturated rings. The van der Waals surface area contributed by atoms with Gasteiger partial charge in [-0.1, -0.05) is 25.5 Å². The van der Waals surface area contributed by atoms with Gasteiger partial charge in [-0.05, 0) is 72.6 Å². The van der Waals surface area contributed by atoms with Crippen molar-refractivity contribution in [3.63, 3.8) is 0 Å². The van der Waals surface area contributed by atoms with Crippen molar-refractivity contribution in [2.45, 2.75) is 19.8 Å². The molecular formula is C29H29BF4O4. The topological polar surface area (TPSA) is 39.0 Å². The van der Waals surface area contributed by atoms with Gasteiger partial charge in [-0.25, -0.2) is 4.42 Å². The Kier molecular flexibility index (Phi) is 10.2. The molecular weight excluding hydrogens is 499 g/mol. The van der Waals surface area contributed by atoms with E-state index in [2.05, 4.69) is 31.2 Å². The van der Waals surface area contributed by atoms with Gasteiger partial charge < -0.3 is 31.5 Å². The van der Waals surface area contributed by atoms with Crippen molar-refractivity contribution in [2.24, 2.45) is 0 Å². The Morgan fingerprint density at radius 1 is 0.605 bits per heavy atom. The molecule has 0 aliphatic carbocycles. The summed E-state index contributed by atoms with van der Waals surface area (Å²) in [5.74, 6) is 4.07. The number of hydrogen-bond acceptors (Lipinski definition) is 3. The first-order valence-electron chi connectivity index (χ1n) is 12.1. The van der Waals surface area contributed by atoms with Gasteiger partial charge in [0.1, 0.15) is 17.2 Å². The fourth-order valence-electron chi connectivity index (χ4n) is 3.54. The lowest BCUT2D eigenvalue weighted by atomic mass is 10.0. The third-order valence-electron chi connectivity index (χ3n) is 5.50. The summed E-state index contributed by atoms with van der Waals surface area (Å²) in [6.45, 7) is 2.90. The predicted molar refractivity (Wildman–Crippen MR) is 143 cm³/mol. The van der Waals surface area contributed by atoms with E-state index in [0.29, 0.717) is 0 Å². The van der Waals surface area contributed by atoms with Gasteiger partial charge in [0, 0.05) is 5.56 Å². The number of ether oxygens (including phenoxy) is 3. The number of hydrogen-bond donors (Lipinski definition) is 0.